The third-order valence-corrected chi connectivity index (χ3v) is 6.59. The fraction of sp³-hybridized carbons (Fsp3) is 0.750. The van der Waals surface area contributed by atoms with E-state index in [0.29, 0.717) is 145 Å². The monoisotopic (exact) mass is 763 g/mol. The second-order valence-corrected chi connectivity index (χ2v) is 10.9. The highest BCUT2D eigenvalue weighted by Gasteiger charge is 2.05. The first-order chi connectivity index (χ1) is 26.1. The Morgan fingerprint density at radius 3 is 1.21 bits per heavy atom. The summed E-state index contributed by atoms with van der Waals surface area (Å²) in [5.74, 6) is -1.22. The molecule has 0 bridgehead atoms. The molecule has 1 aromatic carbocycles. The molecule has 0 atom stereocenters. The predicted molar refractivity (Wildman–Crippen MR) is 190 cm³/mol. The largest absolute Gasteiger partial charge is 0.481 e. The number of aliphatic carboxylic acids is 1. The van der Waals surface area contributed by atoms with Crippen LogP contribution in [0.4, 0.5) is 4.79 Å². The molecule has 53 heavy (non-hydrogen) atoms. The van der Waals surface area contributed by atoms with Crippen LogP contribution in [0.15, 0.2) is 30.3 Å². The lowest BCUT2D eigenvalue weighted by Gasteiger charge is -2.09. The molecule has 0 radical (unpaired) electrons. The Kier molecular flexibility index (Phi) is 35.1. The average molecular weight is 764 g/mol. The summed E-state index contributed by atoms with van der Waals surface area (Å²) in [6.45, 7) is 9.49. The molecule has 0 saturated carbocycles. The number of ether oxygens (including phenoxy) is 12. The van der Waals surface area contributed by atoms with Gasteiger partial charge in [-0.05, 0) is 18.4 Å². The maximum atomic E-state index is 11.6. The standard InChI is InChI=1S/C36H61NO16/c38-34(39)8-4-5-9-35(40)52-31-30-51-29-28-50-27-26-49-25-24-48-23-22-47-21-20-46-19-18-45-17-16-44-15-14-43-13-12-42-11-10-37-36(41)53-32-33-6-2-1-3-7-33/h1-3,6-7H,4-5,8-32H2,(H,37,41)(H,38,39). The number of unbranched alkanes of at least 4 members (excludes halogenated alkanes) is 1. The van der Waals surface area contributed by atoms with Crippen molar-refractivity contribution in [2.45, 2.75) is 32.3 Å². The molecule has 0 aliphatic heterocycles. The number of rotatable bonds is 40. The first kappa shape index (κ1) is 48.0. The van der Waals surface area contributed by atoms with Crippen LogP contribution >= 0.6 is 0 Å². The summed E-state index contributed by atoms with van der Waals surface area (Å²) in [7, 11) is 0. The lowest BCUT2D eigenvalue weighted by molar-refractivity contribution is -0.146. The second-order valence-electron chi connectivity index (χ2n) is 10.9. The van der Waals surface area contributed by atoms with Gasteiger partial charge in [0.15, 0.2) is 0 Å². The fourth-order valence-corrected chi connectivity index (χ4v) is 3.91. The first-order valence-corrected chi connectivity index (χ1v) is 18.2. The van der Waals surface area contributed by atoms with Crippen molar-refractivity contribution in [1.29, 1.82) is 0 Å². The molecule has 1 rings (SSSR count). The van der Waals surface area contributed by atoms with Crippen LogP contribution < -0.4 is 5.32 Å². The minimum absolute atomic E-state index is 0.0557. The summed E-state index contributed by atoms with van der Waals surface area (Å²) in [6.07, 6.45) is 0.739. The van der Waals surface area contributed by atoms with E-state index in [1.54, 1.807) is 0 Å². The highest BCUT2D eigenvalue weighted by molar-refractivity contribution is 5.69. The fourth-order valence-electron chi connectivity index (χ4n) is 3.91. The Morgan fingerprint density at radius 2 is 0.811 bits per heavy atom. The van der Waals surface area contributed by atoms with Crippen molar-refractivity contribution >= 4 is 18.0 Å². The molecule has 0 fully saturated rings. The predicted octanol–water partition coefficient (Wildman–Crippen LogP) is 2.27. The van der Waals surface area contributed by atoms with Gasteiger partial charge in [0.05, 0.1) is 132 Å². The van der Waals surface area contributed by atoms with Crippen LogP contribution in [0.2, 0.25) is 0 Å². The first-order valence-electron chi connectivity index (χ1n) is 18.2. The minimum Gasteiger partial charge on any atom is -0.481 e. The number of hydrogen-bond acceptors (Lipinski definition) is 15. The van der Waals surface area contributed by atoms with Crippen molar-refractivity contribution in [2.24, 2.45) is 0 Å². The molecule has 0 unspecified atom stereocenters. The van der Waals surface area contributed by atoms with E-state index in [0.717, 1.165) is 5.56 Å². The molecule has 0 heterocycles. The van der Waals surface area contributed by atoms with E-state index < -0.39 is 12.1 Å². The van der Waals surface area contributed by atoms with Crippen LogP contribution in [0.1, 0.15) is 31.2 Å². The quantitative estimate of drug-likeness (QED) is 0.0730. The number of amides is 1. The van der Waals surface area contributed by atoms with Gasteiger partial charge >= 0.3 is 18.0 Å². The average Bonchev–Trinajstić information content (AvgIpc) is 3.16. The van der Waals surface area contributed by atoms with Crippen LogP contribution in [0.25, 0.3) is 0 Å². The van der Waals surface area contributed by atoms with Gasteiger partial charge in [-0.15, -0.1) is 0 Å². The van der Waals surface area contributed by atoms with Gasteiger partial charge in [-0.25, -0.2) is 4.79 Å². The zero-order chi connectivity index (χ0) is 38.1. The topological polar surface area (TPSA) is 194 Å². The smallest absolute Gasteiger partial charge is 0.407 e. The lowest BCUT2D eigenvalue weighted by atomic mass is 10.2. The van der Waals surface area contributed by atoms with Crippen LogP contribution in [0.5, 0.6) is 0 Å². The molecule has 0 aromatic heterocycles. The molecule has 0 spiro atoms. The van der Waals surface area contributed by atoms with Gasteiger partial charge in [-0.3, -0.25) is 9.59 Å². The number of carboxylic acid groups (broad SMARTS) is 1. The van der Waals surface area contributed by atoms with Crippen molar-refractivity contribution in [3.8, 4) is 0 Å². The SMILES string of the molecule is O=C(O)CCCCC(=O)OCCOCCOCCOCCOCCOCCOCCOCCOCCOCCOCCNC(=O)OCc1ccccc1. The molecule has 17 nitrogen and oxygen atoms in total. The Balaban J connectivity index is 1.64. The van der Waals surface area contributed by atoms with Crippen molar-refractivity contribution in [3.63, 3.8) is 0 Å². The van der Waals surface area contributed by atoms with Gasteiger partial charge in [-0.2, -0.15) is 0 Å². The number of carbonyl (C=O) groups excluding carboxylic acids is 2. The van der Waals surface area contributed by atoms with Gasteiger partial charge in [0.1, 0.15) is 13.2 Å². The van der Waals surface area contributed by atoms with E-state index in [-0.39, 0.29) is 38.6 Å². The number of hydrogen-bond donors (Lipinski definition) is 2. The van der Waals surface area contributed by atoms with E-state index in [4.69, 9.17) is 61.9 Å². The van der Waals surface area contributed by atoms with E-state index in [9.17, 15) is 14.4 Å². The van der Waals surface area contributed by atoms with Gasteiger partial charge < -0.3 is 67.3 Å². The van der Waals surface area contributed by atoms with Gasteiger partial charge in [0.25, 0.3) is 0 Å². The molecular formula is C36H61NO16. The maximum absolute atomic E-state index is 11.6. The Hall–Kier alpha value is -2.97. The summed E-state index contributed by atoms with van der Waals surface area (Å²) in [6, 6.07) is 9.48. The number of alkyl carbamates (subject to hydrolysis) is 1. The number of nitrogens with one attached hydrogen (secondary N) is 1. The summed E-state index contributed by atoms with van der Waals surface area (Å²) in [5.41, 5.74) is 0.931. The third-order valence-electron chi connectivity index (χ3n) is 6.59. The van der Waals surface area contributed by atoms with Crippen molar-refractivity contribution in [3.05, 3.63) is 35.9 Å². The lowest BCUT2D eigenvalue weighted by Crippen LogP contribution is -2.28. The number of benzene rings is 1. The zero-order valence-electron chi connectivity index (χ0n) is 31.0. The molecular weight excluding hydrogens is 702 g/mol. The minimum atomic E-state index is -0.867. The summed E-state index contributed by atoms with van der Waals surface area (Å²) in [5, 5.41) is 11.2. The number of carbonyl (C=O) groups is 3. The summed E-state index contributed by atoms with van der Waals surface area (Å²) in [4.78, 5) is 33.6. The van der Waals surface area contributed by atoms with Gasteiger partial charge in [-0.1, -0.05) is 30.3 Å². The normalized spacial score (nSPS) is 11.1. The molecule has 2 N–H and O–H groups in total. The summed E-state index contributed by atoms with van der Waals surface area (Å²) >= 11 is 0. The Bertz CT molecular complexity index is 974. The second kappa shape index (κ2) is 38.7. The highest BCUT2D eigenvalue weighted by atomic mass is 16.6. The van der Waals surface area contributed by atoms with E-state index in [1.807, 2.05) is 30.3 Å². The van der Waals surface area contributed by atoms with E-state index in [1.165, 1.54) is 0 Å². The maximum Gasteiger partial charge on any atom is 0.407 e. The highest BCUT2D eigenvalue weighted by Crippen LogP contribution is 2.02. The Morgan fingerprint density at radius 1 is 0.453 bits per heavy atom. The van der Waals surface area contributed by atoms with Crippen molar-refractivity contribution in [1.82, 2.24) is 5.32 Å². The van der Waals surface area contributed by atoms with Crippen LogP contribution in [-0.4, -0.2) is 168 Å². The van der Waals surface area contributed by atoms with Gasteiger partial charge in [0, 0.05) is 19.4 Å². The van der Waals surface area contributed by atoms with Crippen LogP contribution in [-0.2, 0) is 73.0 Å². The number of esters is 1. The van der Waals surface area contributed by atoms with Crippen LogP contribution in [0.3, 0.4) is 0 Å². The molecule has 0 aliphatic carbocycles. The van der Waals surface area contributed by atoms with Crippen molar-refractivity contribution in [2.75, 3.05) is 145 Å². The number of carboxylic acids is 1. The molecule has 1 aromatic rings. The molecule has 306 valence electrons. The van der Waals surface area contributed by atoms with E-state index in [2.05, 4.69) is 5.32 Å². The zero-order valence-corrected chi connectivity index (χ0v) is 31.0. The van der Waals surface area contributed by atoms with Crippen LogP contribution in [0, 0.1) is 0 Å². The molecule has 1 amide bonds. The molecule has 0 saturated heterocycles. The Labute approximate surface area is 313 Å². The molecule has 0 aliphatic rings. The van der Waals surface area contributed by atoms with E-state index >= 15 is 0 Å². The summed E-state index contributed by atoms with van der Waals surface area (Å²) < 4.78 is 64.5. The molecule has 17 heteroatoms. The van der Waals surface area contributed by atoms with Gasteiger partial charge in [0.2, 0.25) is 0 Å². The van der Waals surface area contributed by atoms with Crippen molar-refractivity contribution < 1.29 is 76.3 Å². The third kappa shape index (κ3) is 37.1.